The average molecular weight is 244 g/mol. The van der Waals surface area contributed by atoms with Gasteiger partial charge in [-0.05, 0) is 17.7 Å². The van der Waals surface area contributed by atoms with Crippen LogP contribution in [0.25, 0.3) is 0 Å². The third kappa shape index (κ3) is 2.56. The molecule has 0 aliphatic carbocycles. The van der Waals surface area contributed by atoms with Crippen LogP contribution < -0.4 is 0 Å². The van der Waals surface area contributed by atoms with Crippen molar-refractivity contribution in [3.63, 3.8) is 0 Å². The molecule has 2 rings (SSSR count). The molecule has 0 bridgehead atoms. The van der Waals surface area contributed by atoms with Gasteiger partial charge in [0.2, 0.25) is 0 Å². The van der Waals surface area contributed by atoms with Crippen LogP contribution >= 0.6 is 0 Å². The summed E-state index contributed by atoms with van der Waals surface area (Å²) in [5, 5.41) is 0. The van der Waals surface area contributed by atoms with Crippen molar-refractivity contribution >= 4 is 13.1 Å². The topological polar surface area (TPSA) is 44.8 Å². The zero-order valence-corrected chi connectivity index (χ0v) is 10.1. The summed E-state index contributed by atoms with van der Waals surface area (Å²) in [6.07, 6.45) is 0.517. The molecule has 0 N–H and O–H groups in total. The summed E-state index contributed by atoms with van der Waals surface area (Å²) in [6.45, 7) is 7.33. The van der Waals surface area contributed by atoms with Gasteiger partial charge in [0, 0.05) is 6.32 Å². The van der Waals surface area contributed by atoms with Gasteiger partial charge in [-0.3, -0.25) is 0 Å². The van der Waals surface area contributed by atoms with E-state index in [-0.39, 0.29) is 5.97 Å². The zero-order chi connectivity index (χ0) is 13.1. The highest BCUT2D eigenvalue weighted by Crippen LogP contribution is 2.22. The van der Waals surface area contributed by atoms with E-state index in [1.807, 2.05) is 6.07 Å². The second-order valence-electron chi connectivity index (χ2n) is 3.91. The Hall–Kier alpha value is -2.17. The third-order valence-electron chi connectivity index (χ3n) is 2.61. The first kappa shape index (κ1) is 12.3. The fourth-order valence-electron chi connectivity index (χ4n) is 1.69. The molecule has 18 heavy (non-hydrogen) atoms. The molecule has 0 atom stereocenters. The lowest BCUT2D eigenvalue weighted by atomic mass is 9.81. The number of hydrogen-bond donors (Lipinski definition) is 0. The van der Waals surface area contributed by atoms with Gasteiger partial charge in [0.25, 0.3) is 0 Å². The van der Waals surface area contributed by atoms with Gasteiger partial charge in [-0.15, -0.1) is 0 Å². The summed E-state index contributed by atoms with van der Waals surface area (Å²) >= 11 is 0. The van der Waals surface area contributed by atoms with Crippen LogP contribution in [0.15, 0.2) is 48.9 Å². The van der Waals surface area contributed by atoms with Gasteiger partial charge in [-0.25, -0.2) is 4.79 Å². The molecule has 1 fully saturated rings. The van der Waals surface area contributed by atoms with Gasteiger partial charge >= 0.3 is 13.1 Å². The van der Waals surface area contributed by atoms with Gasteiger partial charge < -0.3 is 14.0 Å². The number of hydrogen-bond acceptors (Lipinski definition) is 4. The number of carbonyl (C=O) groups is 1. The quantitative estimate of drug-likeness (QED) is 0.603. The van der Waals surface area contributed by atoms with Crippen LogP contribution in [0.4, 0.5) is 0 Å². The van der Waals surface area contributed by atoms with Crippen molar-refractivity contribution in [2.24, 2.45) is 0 Å². The zero-order valence-electron chi connectivity index (χ0n) is 10.1. The maximum atomic E-state index is 11.4. The number of rotatable bonds is 3. The van der Waals surface area contributed by atoms with E-state index in [0.29, 0.717) is 23.4 Å². The number of methoxy groups -OCH3 is 1. The van der Waals surface area contributed by atoms with Gasteiger partial charge in [0.05, 0.1) is 12.7 Å². The van der Waals surface area contributed by atoms with Crippen LogP contribution in [0.3, 0.4) is 0 Å². The van der Waals surface area contributed by atoms with Crippen molar-refractivity contribution < 1.29 is 18.8 Å². The molecule has 5 heteroatoms. The van der Waals surface area contributed by atoms with E-state index in [9.17, 15) is 4.79 Å². The molecule has 1 aliphatic rings. The predicted molar refractivity (Wildman–Crippen MR) is 67.7 cm³/mol. The Labute approximate surface area is 106 Å². The van der Waals surface area contributed by atoms with E-state index in [2.05, 4.69) is 17.9 Å². The van der Waals surface area contributed by atoms with Crippen LogP contribution in [0, 0.1) is 0 Å². The van der Waals surface area contributed by atoms with Gasteiger partial charge in [0.15, 0.2) is 0 Å². The molecular formula is C13H13BO4. The molecule has 1 aromatic carbocycles. The van der Waals surface area contributed by atoms with Crippen LogP contribution in [0.2, 0.25) is 0 Å². The smallest absolute Gasteiger partial charge is 0.523 e. The molecule has 1 aliphatic heterocycles. The number of carbonyl (C=O) groups excluding carboxylic acids is 1. The first-order valence-electron chi connectivity index (χ1n) is 5.49. The first-order chi connectivity index (χ1) is 8.60. The molecule has 0 aromatic heterocycles. The number of ether oxygens (including phenoxy) is 1. The number of benzene rings is 1. The Bertz CT molecular complexity index is 493. The molecule has 1 heterocycles. The molecule has 4 nitrogen and oxygen atoms in total. The maximum absolute atomic E-state index is 11.4. The van der Waals surface area contributed by atoms with Crippen LogP contribution in [-0.2, 0) is 20.4 Å². The van der Waals surface area contributed by atoms with Crippen LogP contribution in [0.5, 0.6) is 0 Å². The lowest BCUT2D eigenvalue weighted by Crippen LogP contribution is -2.18. The van der Waals surface area contributed by atoms with E-state index in [1.165, 1.54) is 7.11 Å². The summed E-state index contributed by atoms with van der Waals surface area (Å²) in [4.78, 5) is 11.4. The highest BCUT2D eigenvalue weighted by Gasteiger charge is 2.32. The van der Waals surface area contributed by atoms with Gasteiger partial charge in [-0.2, -0.15) is 0 Å². The Balaban J connectivity index is 2.08. The van der Waals surface area contributed by atoms with Gasteiger partial charge in [0.1, 0.15) is 11.5 Å². The van der Waals surface area contributed by atoms with E-state index in [1.54, 1.807) is 18.2 Å². The van der Waals surface area contributed by atoms with E-state index in [4.69, 9.17) is 9.31 Å². The summed E-state index contributed by atoms with van der Waals surface area (Å²) in [7, 11) is 0.921. The van der Waals surface area contributed by atoms with E-state index >= 15 is 0 Å². The van der Waals surface area contributed by atoms with E-state index in [0.717, 1.165) is 5.56 Å². The standard InChI is InChI=1S/C13H13BO4/c1-9-10(2)18-14(17-9)8-11-5-4-6-12(7-11)13(15)16-3/h4-7H,1-2,8H2,3H3. The first-order valence-corrected chi connectivity index (χ1v) is 5.49. The fourth-order valence-corrected chi connectivity index (χ4v) is 1.69. The van der Waals surface area contributed by atoms with Crippen molar-refractivity contribution in [2.75, 3.05) is 7.11 Å². The molecule has 1 saturated heterocycles. The molecule has 0 saturated carbocycles. The molecule has 0 spiro atoms. The monoisotopic (exact) mass is 244 g/mol. The minimum atomic E-state index is -0.433. The summed E-state index contributed by atoms with van der Waals surface area (Å²) in [5.74, 6) is 0.534. The normalized spacial score (nSPS) is 14.2. The van der Waals surface area contributed by atoms with Crippen LogP contribution in [-0.4, -0.2) is 20.2 Å². The SMILES string of the molecule is C=C1OB(Cc2cccc(C(=O)OC)c2)OC1=C. The van der Waals surface area contributed by atoms with Crippen LogP contribution in [0.1, 0.15) is 15.9 Å². The second-order valence-corrected chi connectivity index (χ2v) is 3.91. The minimum Gasteiger partial charge on any atom is -0.523 e. The van der Waals surface area contributed by atoms with E-state index < -0.39 is 7.12 Å². The van der Waals surface area contributed by atoms with Crippen molar-refractivity contribution in [1.82, 2.24) is 0 Å². The number of esters is 1. The summed E-state index contributed by atoms with van der Waals surface area (Å²) in [6, 6.07) is 7.13. The molecule has 0 radical (unpaired) electrons. The Morgan fingerprint density at radius 2 is 2.00 bits per heavy atom. The largest absolute Gasteiger partial charge is 0.599 e. The van der Waals surface area contributed by atoms with Crippen molar-refractivity contribution in [1.29, 1.82) is 0 Å². The lowest BCUT2D eigenvalue weighted by Gasteiger charge is -2.05. The second kappa shape index (κ2) is 5.00. The Morgan fingerprint density at radius 3 is 2.61 bits per heavy atom. The lowest BCUT2D eigenvalue weighted by molar-refractivity contribution is 0.0600. The van der Waals surface area contributed by atoms with Crippen molar-refractivity contribution in [2.45, 2.75) is 6.32 Å². The summed E-state index contributed by atoms with van der Waals surface area (Å²) in [5.41, 5.74) is 1.43. The highest BCUT2D eigenvalue weighted by atomic mass is 16.6. The maximum Gasteiger partial charge on any atom is 0.599 e. The Morgan fingerprint density at radius 1 is 1.33 bits per heavy atom. The molecule has 1 aromatic rings. The minimum absolute atomic E-state index is 0.362. The highest BCUT2D eigenvalue weighted by molar-refractivity contribution is 6.45. The summed E-state index contributed by atoms with van der Waals surface area (Å²) < 4.78 is 15.4. The third-order valence-corrected chi connectivity index (χ3v) is 2.61. The van der Waals surface area contributed by atoms with Crippen molar-refractivity contribution in [3.8, 4) is 0 Å². The Kier molecular flexibility index (Phi) is 3.41. The molecule has 0 unspecified atom stereocenters. The fraction of sp³-hybridized carbons (Fsp3) is 0.154. The molecular weight excluding hydrogens is 231 g/mol. The van der Waals surface area contributed by atoms with Crippen molar-refractivity contribution in [3.05, 3.63) is 60.1 Å². The average Bonchev–Trinajstić information content (AvgIpc) is 2.67. The molecule has 0 amide bonds. The molecule has 92 valence electrons. The predicted octanol–water partition coefficient (Wildman–Crippen LogP) is 2.12. The van der Waals surface area contributed by atoms with Gasteiger partial charge in [-0.1, -0.05) is 25.3 Å².